The van der Waals surface area contributed by atoms with Crippen LogP contribution in [0.5, 0.6) is 10.9 Å². The zero-order valence-electron chi connectivity index (χ0n) is 19.0. The number of carbonyl (C=O) groups excluding carboxylic acids is 1. The Balaban J connectivity index is 1.20. The molecule has 34 heavy (non-hydrogen) atoms. The Morgan fingerprint density at radius 1 is 1.00 bits per heavy atom. The maximum atomic E-state index is 13.1. The number of nitrogens with one attached hydrogen (secondary N) is 1. The van der Waals surface area contributed by atoms with Gasteiger partial charge < -0.3 is 19.7 Å². The fraction of sp³-hybridized carbons (Fsp3) is 0.259. The van der Waals surface area contributed by atoms with Gasteiger partial charge in [-0.05, 0) is 29.3 Å². The van der Waals surface area contributed by atoms with E-state index in [1.54, 1.807) is 7.11 Å². The van der Waals surface area contributed by atoms with Gasteiger partial charge in [0.15, 0.2) is 0 Å². The second-order valence-electron chi connectivity index (χ2n) is 8.32. The first kappa shape index (κ1) is 22.2. The smallest absolute Gasteiger partial charge is 0.318 e. The number of rotatable bonds is 6. The molecule has 174 valence electrons. The molecule has 2 heterocycles. The maximum Gasteiger partial charge on any atom is 0.318 e. The van der Waals surface area contributed by atoms with Gasteiger partial charge in [-0.3, -0.25) is 0 Å². The summed E-state index contributed by atoms with van der Waals surface area (Å²) in [5.74, 6) is 0.811. The van der Waals surface area contributed by atoms with Gasteiger partial charge in [0.2, 0.25) is 0 Å². The predicted molar refractivity (Wildman–Crippen MR) is 135 cm³/mol. The molecule has 1 fully saturated rings. The number of aromatic nitrogens is 1. The number of ether oxygens (including phenoxy) is 2. The summed E-state index contributed by atoms with van der Waals surface area (Å²) in [6.45, 7) is 1.29. The van der Waals surface area contributed by atoms with E-state index in [4.69, 9.17) is 9.47 Å². The van der Waals surface area contributed by atoms with Gasteiger partial charge >= 0.3 is 6.03 Å². The SMILES string of the molecule is COc1ccc2nc(OC3CCN(C(=O)NC(c4ccccc4)c4ccccc4)CC3)sc2c1. The van der Waals surface area contributed by atoms with Crippen molar-refractivity contribution in [3.63, 3.8) is 0 Å². The van der Waals surface area contributed by atoms with E-state index in [-0.39, 0.29) is 18.2 Å². The van der Waals surface area contributed by atoms with Crippen molar-refractivity contribution in [2.75, 3.05) is 20.2 Å². The van der Waals surface area contributed by atoms with Crippen LogP contribution in [0.25, 0.3) is 10.2 Å². The van der Waals surface area contributed by atoms with Crippen molar-refractivity contribution >= 4 is 27.6 Å². The Bertz CT molecular complexity index is 1200. The normalized spacial score (nSPS) is 14.4. The van der Waals surface area contributed by atoms with E-state index in [1.807, 2.05) is 83.8 Å². The minimum absolute atomic E-state index is 0.0468. The number of fused-ring (bicyclic) bond motifs is 1. The van der Waals surface area contributed by atoms with Crippen LogP contribution in [0.2, 0.25) is 0 Å². The van der Waals surface area contributed by atoms with Gasteiger partial charge in [-0.15, -0.1) is 0 Å². The van der Waals surface area contributed by atoms with Gasteiger partial charge in [0.1, 0.15) is 11.9 Å². The van der Waals surface area contributed by atoms with Crippen LogP contribution in [0.3, 0.4) is 0 Å². The van der Waals surface area contributed by atoms with E-state index in [0.717, 1.165) is 39.9 Å². The number of hydrogen-bond donors (Lipinski definition) is 1. The van der Waals surface area contributed by atoms with E-state index in [1.165, 1.54) is 11.3 Å². The number of urea groups is 1. The van der Waals surface area contributed by atoms with Crippen LogP contribution in [0.15, 0.2) is 78.9 Å². The summed E-state index contributed by atoms with van der Waals surface area (Å²) in [5, 5.41) is 3.90. The molecule has 0 radical (unpaired) electrons. The molecule has 1 N–H and O–H groups in total. The van der Waals surface area contributed by atoms with Crippen LogP contribution >= 0.6 is 11.3 Å². The van der Waals surface area contributed by atoms with Crippen LogP contribution in [-0.4, -0.2) is 42.2 Å². The number of carbonyl (C=O) groups is 1. The summed E-state index contributed by atoms with van der Waals surface area (Å²) in [6.07, 6.45) is 1.59. The number of nitrogens with zero attached hydrogens (tertiary/aromatic N) is 2. The molecule has 0 bridgehead atoms. The standard InChI is InChI=1S/C27H27N3O3S/c1-32-22-12-13-23-24(18-22)34-27(28-23)33-21-14-16-30(17-15-21)26(31)29-25(19-8-4-2-5-9-19)20-10-6-3-7-11-20/h2-13,18,21,25H,14-17H2,1H3,(H,29,31). The van der Waals surface area contributed by atoms with Crippen molar-refractivity contribution in [3.8, 4) is 10.9 Å². The summed E-state index contributed by atoms with van der Waals surface area (Å²) < 4.78 is 12.5. The van der Waals surface area contributed by atoms with Gasteiger partial charge in [-0.2, -0.15) is 0 Å². The number of piperidine rings is 1. The molecule has 1 aliphatic heterocycles. The third-order valence-electron chi connectivity index (χ3n) is 6.11. The molecular formula is C27H27N3O3S. The predicted octanol–water partition coefficient (Wildman–Crippen LogP) is 5.65. The number of benzene rings is 3. The van der Waals surface area contributed by atoms with E-state index in [2.05, 4.69) is 10.3 Å². The quantitative estimate of drug-likeness (QED) is 0.393. The van der Waals surface area contributed by atoms with Crippen molar-refractivity contribution in [3.05, 3.63) is 90.0 Å². The number of methoxy groups -OCH3 is 1. The van der Waals surface area contributed by atoms with Crippen LogP contribution in [0.1, 0.15) is 30.0 Å². The molecule has 6 nitrogen and oxygen atoms in total. The Hall–Kier alpha value is -3.58. The summed E-state index contributed by atoms with van der Waals surface area (Å²) in [5.41, 5.74) is 3.03. The molecule has 5 rings (SSSR count). The second-order valence-corrected chi connectivity index (χ2v) is 9.31. The molecule has 0 aliphatic carbocycles. The Labute approximate surface area is 203 Å². The average molecular weight is 474 g/mol. The molecule has 1 aromatic heterocycles. The minimum Gasteiger partial charge on any atom is -0.497 e. The molecule has 0 unspecified atom stereocenters. The van der Waals surface area contributed by atoms with Crippen molar-refractivity contribution in [2.24, 2.45) is 0 Å². The molecule has 0 atom stereocenters. The first-order valence-corrected chi connectivity index (χ1v) is 12.3. The van der Waals surface area contributed by atoms with Gasteiger partial charge in [0, 0.05) is 25.9 Å². The highest BCUT2D eigenvalue weighted by molar-refractivity contribution is 7.20. The fourth-order valence-electron chi connectivity index (χ4n) is 4.25. The first-order chi connectivity index (χ1) is 16.7. The molecule has 7 heteroatoms. The topological polar surface area (TPSA) is 63.7 Å². The lowest BCUT2D eigenvalue weighted by Gasteiger charge is -2.33. The monoisotopic (exact) mass is 473 g/mol. The van der Waals surface area contributed by atoms with Crippen molar-refractivity contribution in [1.82, 2.24) is 15.2 Å². The van der Waals surface area contributed by atoms with E-state index >= 15 is 0 Å². The van der Waals surface area contributed by atoms with Gasteiger partial charge in [0.05, 0.1) is 23.4 Å². The Morgan fingerprint density at radius 3 is 2.26 bits per heavy atom. The highest BCUT2D eigenvalue weighted by Gasteiger charge is 2.27. The summed E-state index contributed by atoms with van der Waals surface area (Å²) >= 11 is 1.52. The van der Waals surface area contributed by atoms with Crippen LogP contribution in [0.4, 0.5) is 4.79 Å². The lowest BCUT2D eigenvalue weighted by Crippen LogP contribution is -2.47. The summed E-state index contributed by atoms with van der Waals surface area (Å²) in [4.78, 5) is 19.6. The third-order valence-corrected chi connectivity index (χ3v) is 7.02. The third kappa shape index (κ3) is 4.99. The highest BCUT2D eigenvalue weighted by Crippen LogP contribution is 2.32. The maximum absolute atomic E-state index is 13.1. The van der Waals surface area contributed by atoms with Crippen molar-refractivity contribution in [2.45, 2.75) is 25.0 Å². The van der Waals surface area contributed by atoms with Gasteiger partial charge in [-0.25, -0.2) is 9.78 Å². The lowest BCUT2D eigenvalue weighted by molar-refractivity contribution is 0.110. The minimum atomic E-state index is -0.191. The molecule has 0 spiro atoms. The molecule has 3 aromatic carbocycles. The van der Waals surface area contributed by atoms with Gasteiger partial charge in [-0.1, -0.05) is 72.0 Å². The van der Waals surface area contributed by atoms with E-state index in [9.17, 15) is 4.79 Å². The molecule has 2 amide bonds. The zero-order chi connectivity index (χ0) is 23.3. The van der Waals surface area contributed by atoms with Gasteiger partial charge in [0.25, 0.3) is 5.19 Å². The Kier molecular flexibility index (Phi) is 6.62. The van der Waals surface area contributed by atoms with Crippen molar-refractivity contribution < 1.29 is 14.3 Å². The summed E-state index contributed by atoms with van der Waals surface area (Å²) in [7, 11) is 1.66. The van der Waals surface area contributed by atoms with Crippen LogP contribution in [-0.2, 0) is 0 Å². The zero-order valence-corrected chi connectivity index (χ0v) is 19.8. The van der Waals surface area contributed by atoms with Crippen molar-refractivity contribution in [1.29, 1.82) is 0 Å². The number of thiazole rings is 1. The van der Waals surface area contributed by atoms with Crippen LogP contribution < -0.4 is 14.8 Å². The lowest BCUT2D eigenvalue weighted by atomic mass is 9.99. The van der Waals surface area contributed by atoms with E-state index in [0.29, 0.717) is 18.3 Å². The second kappa shape index (κ2) is 10.1. The van der Waals surface area contributed by atoms with E-state index < -0.39 is 0 Å². The molecule has 4 aromatic rings. The fourth-order valence-corrected chi connectivity index (χ4v) is 5.16. The van der Waals surface area contributed by atoms with Crippen LogP contribution in [0, 0.1) is 0 Å². The molecular weight excluding hydrogens is 446 g/mol. The molecule has 0 saturated carbocycles. The largest absolute Gasteiger partial charge is 0.497 e. The number of amides is 2. The number of likely N-dealkylation sites (tertiary alicyclic amines) is 1. The summed E-state index contributed by atoms with van der Waals surface area (Å²) in [6, 6.07) is 25.7. The molecule has 1 aliphatic rings. The number of hydrogen-bond acceptors (Lipinski definition) is 5. The highest BCUT2D eigenvalue weighted by atomic mass is 32.1. The molecule has 1 saturated heterocycles. The average Bonchev–Trinajstić information content (AvgIpc) is 3.30. The first-order valence-electron chi connectivity index (χ1n) is 11.5. The Morgan fingerprint density at radius 2 is 1.65 bits per heavy atom.